The van der Waals surface area contributed by atoms with Gasteiger partial charge in [-0.15, -0.1) is 0 Å². The lowest BCUT2D eigenvalue weighted by molar-refractivity contribution is -0.141. The molecule has 0 saturated heterocycles. The number of allylic oxidation sites excluding steroid dienone is 1. The zero-order chi connectivity index (χ0) is 12.4. The van der Waals surface area contributed by atoms with Crippen LogP contribution >= 0.6 is 27.5 Å². The van der Waals surface area contributed by atoms with Crippen molar-refractivity contribution >= 4 is 39.1 Å². The minimum atomic E-state index is -0.196. The Hall–Kier alpha value is -0.800. The number of carbonyl (C=O) groups excluding carboxylic acids is 1. The molecule has 0 unspecified atom stereocenters. The highest BCUT2D eigenvalue weighted by Gasteiger charge is 2.21. The molecule has 0 aliphatic heterocycles. The van der Waals surface area contributed by atoms with Crippen LogP contribution in [0.15, 0.2) is 22.7 Å². The van der Waals surface area contributed by atoms with Gasteiger partial charge in [-0.3, -0.25) is 4.79 Å². The van der Waals surface area contributed by atoms with Crippen LogP contribution in [-0.2, 0) is 16.0 Å². The van der Waals surface area contributed by atoms with Gasteiger partial charge in [-0.1, -0.05) is 33.6 Å². The summed E-state index contributed by atoms with van der Waals surface area (Å²) in [7, 11) is 0. The number of carbonyl (C=O) groups is 1. The van der Waals surface area contributed by atoms with E-state index in [0.29, 0.717) is 13.0 Å². The smallest absolute Gasteiger partial charge is 0.310 e. The van der Waals surface area contributed by atoms with Gasteiger partial charge in [0.15, 0.2) is 0 Å². The summed E-state index contributed by atoms with van der Waals surface area (Å²) in [5.74, 6) is -0.196. The van der Waals surface area contributed by atoms with Crippen LogP contribution in [0.4, 0.5) is 0 Å². The first-order chi connectivity index (χ1) is 8.13. The van der Waals surface area contributed by atoms with Gasteiger partial charge in [-0.2, -0.15) is 0 Å². The standard InChI is InChI=1S/C13H12BrClO2/c1-2-17-12(16)7-8-3-4-9-11(15)6-5-10(14)13(8)9/h3,5-6H,2,4,7H2,1H3. The lowest BCUT2D eigenvalue weighted by Gasteiger charge is -2.09. The minimum Gasteiger partial charge on any atom is -0.466 e. The fourth-order valence-corrected chi connectivity index (χ4v) is 2.86. The fraction of sp³-hybridized carbons (Fsp3) is 0.308. The molecule has 0 amide bonds. The third-order valence-electron chi connectivity index (χ3n) is 2.72. The van der Waals surface area contributed by atoms with Gasteiger partial charge in [0.25, 0.3) is 0 Å². The molecular weight excluding hydrogens is 303 g/mol. The Morgan fingerprint density at radius 1 is 1.53 bits per heavy atom. The molecule has 0 spiro atoms. The molecule has 1 aromatic rings. The molecule has 2 rings (SSSR count). The Labute approximate surface area is 114 Å². The number of halogens is 2. The quantitative estimate of drug-likeness (QED) is 0.788. The van der Waals surface area contributed by atoms with Crippen molar-refractivity contribution in [1.82, 2.24) is 0 Å². The summed E-state index contributed by atoms with van der Waals surface area (Å²) in [6, 6.07) is 3.77. The zero-order valence-electron chi connectivity index (χ0n) is 9.43. The molecule has 4 heteroatoms. The molecule has 17 heavy (non-hydrogen) atoms. The maximum atomic E-state index is 11.5. The van der Waals surface area contributed by atoms with Gasteiger partial charge in [0.2, 0.25) is 0 Å². The Balaban J connectivity index is 2.27. The molecule has 0 radical (unpaired) electrons. The van der Waals surface area contributed by atoms with E-state index in [0.717, 1.165) is 32.6 Å². The van der Waals surface area contributed by atoms with E-state index in [1.165, 1.54) is 0 Å². The van der Waals surface area contributed by atoms with E-state index >= 15 is 0 Å². The van der Waals surface area contributed by atoms with Crippen LogP contribution in [0.2, 0.25) is 5.02 Å². The van der Waals surface area contributed by atoms with Crippen LogP contribution in [0.3, 0.4) is 0 Å². The van der Waals surface area contributed by atoms with Crippen LogP contribution in [0.25, 0.3) is 5.57 Å². The van der Waals surface area contributed by atoms with Crippen LogP contribution in [0, 0.1) is 0 Å². The SMILES string of the molecule is CCOC(=O)CC1=CCc2c(Cl)ccc(Br)c21. The first kappa shape index (κ1) is 12.7. The van der Waals surface area contributed by atoms with Crippen LogP contribution in [0.5, 0.6) is 0 Å². The highest BCUT2D eigenvalue weighted by molar-refractivity contribution is 9.10. The number of fused-ring (bicyclic) bond motifs is 1. The Morgan fingerprint density at radius 2 is 2.29 bits per heavy atom. The van der Waals surface area contributed by atoms with E-state index < -0.39 is 0 Å². The van der Waals surface area contributed by atoms with E-state index in [1.54, 1.807) is 0 Å². The molecule has 0 heterocycles. The Bertz CT molecular complexity index is 494. The molecule has 0 N–H and O–H groups in total. The lowest BCUT2D eigenvalue weighted by Crippen LogP contribution is -2.04. The van der Waals surface area contributed by atoms with Crippen molar-refractivity contribution in [2.45, 2.75) is 19.8 Å². The summed E-state index contributed by atoms with van der Waals surface area (Å²) in [5, 5.41) is 0.748. The maximum absolute atomic E-state index is 11.5. The molecule has 2 nitrogen and oxygen atoms in total. The molecule has 0 saturated carbocycles. The number of ether oxygens (including phenoxy) is 1. The van der Waals surface area contributed by atoms with Crippen molar-refractivity contribution in [3.8, 4) is 0 Å². The third kappa shape index (κ3) is 2.55. The molecule has 0 atom stereocenters. The van der Waals surface area contributed by atoms with Gasteiger partial charge in [-0.25, -0.2) is 0 Å². The van der Waals surface area contributed by atoms with Crippen LogP contribution in [-0.4, -0.2) is 12.6 Å². The normalized spacial score (nSPS) is 13.2. The molecule has 0 aromatic heterocycles. The molecule has 1 aromatic carbocycles. The molecule has 90 valence electrons. The number of esters is 1. The molecule has 1 aliphatic carbocycles. The average Bonchev–Trinajstić information content (AvgIpc) is 2.69. The van der Waals surface area contributed by atoms with E-state index in [9.17, 15) is 4.79 Å². The van der Waals surface area contributed by atoms with Gasteiger partial charge in [0, 0.05) is 9.50 Å². The van der Waals surface area contributed by atoms with E-state index in [4.69, 9.17) is 16.3 Å². The zero-order valence-corrected chi connectivity index (χ0v) is 11.8. The fourth-order valence-electron chi connectivity index (χ4n) is 2.00. The second-order valence-electron chi connectivity index (χ2n) is 3.80. The summed E-state index contributed by atoms with van der Waals surface area (Å²) in [5.41, 5.74) is 3.12. The molecular formula is C13H12BrClO2. The van der Waals surface area contributed by atoms with Crippen molar-refractivity contribution < 1.29 is 9.53 Å². The predicted octanol–water partition coefficient (Wildman–Crippen LogP) is 4.00. The van der Waals surface area contributed by atoms with Gasteiger partial charge >= 0.3 is 5.97 Å². The number of hydrogen-bond acceptors (Lipinski definition) is 2. The second-order valence-corrected chi connectivity index (χ2v) is 5.06. The summed E-state index contributed by atoms with van der Waals surface area (Å²) < 4.78 is 5.94. The Morgan fingerprint density at radius 3 is 3.00 bits per heavy atom. The number of benzene rings is 1. The number of hydrogen-bond donors (Lipinski definition) is 0. The highest BCUT2D eigenvalue weighted by Crippen LogP contribution is 2.39. The Kier molecular flexibility index (Phi) is 3.89. The maximum Gasteiger partial charge on any atom is 0.310 e. The first-order valence-corrected chi connectivity index (χ1v) is 6.62. The monoisotopic (exact) mass is 314 g/mol. The van der Waals surface area contributed by atoms with Gasteiger partial charge in [0.1, 0.15) is 0 Å². The third-order valence-corrected chi connectivity index (χ3v) is 3.73. The molecule has 1 aliphatic rings. The number of rotatable bonds is 3. The highest BCUT2D eigenvalue weighted by atomic mass is 79.9. The van der Waals surface area contributed by atoms with Gasteiger partial charge < -0.3 is 4.74 Å². The first-order valence-electron chi connectivity index (χ1n) is 5.45. The average molecular weight is 316 g/mol. The van der Waals surface area contributed by atoms with Crippen molar-refractivity contribution in [2.24, 2.45) is 0 Å². The largest absolute Gasteiger partial charge is 0.466 e. The summed E-state index contributed by atoms with van der Waals surface area (Å²) >= 11 is 9.63. The summed E-state index contributed by atoms with van der Waals surface area (Å²) in [6.07, 6.45) is 3.13. The van der Waals surface area contributed by atoms with Crippen LogP contribution in [0.1, 0.15) is 24.5 Å². The molecule has 0 bridgehead atoms. The molecule has 0 fully saturated rings. The predicted molar refractivity (Wildman–Crippen MR) is 72.1 cm³/mol. The summed E-state index contributed by atoms with van der Waals surface area (Å²) in [4.78, 5) is 11.5. The van der Waals surface area contributed by atoms with Gasteiger partial charge in [-0.05, 0) is 42.2 Å². The van der Waals surface area contributed by atoms with Crippen molar-refractivity contribution in [1.29, 1.82) is 0 Å². The van der Waals surface area contributed by atoms with Crippen molar-refractivity contribution in [3.63, 3.8) is 0 Å². The van der Waals surface area contributed by atoms with Crippen molar-refractivity contribution in [2.75, 3.05) is 6.61 Å². The minimum absolute atomic E-state index is 0.196. The lowest BCUT2D eigenvalue weighted by atomic mass is 10.0. The topological polar surface area (TPSA) is 26.3 Å². The summed E-state index contributed by atoms with van der Waals surface area (Å²) in [6.45, 7) is 2.22. The van der Waals surface area contributed by atoms with E-state index in [1.807, 2.05) is 25.1 Å². The van der Waals surface area contributed by atoms with Gasteiger partial charge in [0.05, 0.1) is 13.0 Å². The van der Waals surface area contributed by atoms with E-state index in [-0.39, 0.29) is 5.97 Å². The van der Waals surface area contributed by atoms with Crippen molar-refractivity contribution in [3.05, 3.63) is 38.8 Å². The second kappa shape index (κ2) is 5.23. The van der Waals surface area contributed by atoms with E-state index in [2.05, 4.69) is 15.9 Å². The van der Waals surface area contributed by atoms with Crippen LogP contribution < -0.4 is 0 Å².